The van der Waals surface area contributed by atoms with E-state index in [9.17, 15) is 13.6 Å². The molecule has 4 aromatic rings. The maximum Gasteiger partial charge on any atom is 0.414 e. The monoisotopic (exact) mass is 561 g/mol. The van der Waals surface area contributed by atoms with Gasteiger partial charge in [0, 0.05) is 31.2 Å². The van der Waals surface area contributed by atoms with Crippen molar-refractivity contribution in [3.63, 3.8) is 0 Å². The van der Waals surface area contributed by atoms with Crippen LogP contribution in [0.2, 0.25) is 4.34 Å². The van der Waals surface area contributed by atoms with Crippen LogP contribution in [0.4, 0.5) is 13.6 Å². The number of benzene rings is 1. The molecule has 1 amide bonds. The van der Waals surface area contributed by atoms with E-state index in [-0.39, 0.29) is 29.9 Å². The summed E-state index contributed by atoms with van der Waals surface area (Å²) in [5.41, 5.74) is 0.101. The highest BCUT2D eigenvalue weighted by atomic mass is 35.5. The molecule has 1 N–H and O–H groups in total. The third kappa shape index (κ3) is 5.74. The number of nitrogens with zero attached hydrogens (tertiary/aromatic N) is 4. The maximum absolute atomic E-state index is 14.7. The van der Waals surface area contributed by atoms with Gasteiger partial charge in [0.1, 0.15) is 23.2 Å². The number of piperidine rings is 1. The molecule has 5 rings (SSSR count). The smallest absolute Gasteiger partial charge is 0.391 e. The molecule has 1 fully saturated rings. The highest BCUT2D eigenvalue weighted by Gasteiger charge is 2.25. The van der Waals surface area contributed by atoms with Crippen LogP contribution in [0.25, 0.3) is 22.0 Å². The van der Waals surface area contributed by atoms with E-state index in [1.165, 1.54) is 28.2 Å². The van der Waals surface area contributed by atoms with Crippen LogP contribution < -0.4 is 10.1 Å². The molecule has 0 atom stereocenters. The van der Waals surface area contributed by atoms with Gasteiger partial charge in [-0.1, -0.05) is 22.8 Å². The van der Waals surface area contributed by atoms with Crippen LogP contribution in [-0.2, 0) is 6.54 Å². The molecule has 0 unspecified atom stereocenters. The predicted molar refractivity (Wildman–Crippen MR) is 140 cm³/mol. The Morgan fingerprint density at radius 3 is 2.63 bits per heavy atom. The van der Waals surface area contributed by atoms with Crippen LogP contribution in [-0.4, -0.2) is 50.9 Å². The van der Waals surface area contributed by atoms with E-state index < -0.39 is 17.7 Å². The molecule has 0 radical (unpaired) electrons. The van der Waals surface area contributed by atoms with Gasteiger partial charge in [0.25, 0.3) is 0 Å². The fraction of sp³-hybridized carbons (Fsp3) is 0.346. The fourth-order valence-corrected chi connectivity index (χ4v) is 5.46. The van der Waals surface area contributed by atoms with Crippen molar-refractivity contribution in [2.24, 2.45) is 0 Å². The Kier molecular flexibility index (Phi) is 7.78. The molecule has 0 aliphatic carbocycles. The van der Waals surface area contributed by atoms with E-state index in [0.717, 1.165) is 42.9 Å². The molecule has 0 saturated carbocycles. The molecule has 0 bridgehead atoms. The molecule has 12 heteroatoms. The first-order valence-corrected chi connectivity index (χ1v) is 13.4. The van der Waals surface area contributed by atoms with Crippen LogP contribution in [0.1, 0.15) is 32.4 Å². The van der Waals surface area contributed by atoms with Crippen LogP contribution >= 0.6 is 22.9 Å². The third-order valence-corrected chi connectivity index (χ3v) is 7.73. The largest absolute Gasteiger partial charge is 0.414 e. The minimum Gasteiger partial charge on any atom is -0.391 e. The molecule has 200 valence electrons. The lowest BCUT2D eigenvalue weighted by Crippen LogP contribution is -2.47. The van der Waals surface area contributed by atoms with E-state index in [4.69, 9.17) is 20.9 Å². The zero-order valence-electron chi connectivity index (χ0n) is 20.8. The molecule has 1 saturated heterocycles. The number of imidazole rings is 1. The molecule has 38 heavy (non-hydrogen) atoms. The average molecular weight is 562 g/mol. The first kappa shape index (κ1) is 26.3. The Hall–Kier alpha value is -3.28. The van der Waals surface area contributed by atoms with E-state index in [2.05, 4.69) is 34.2 Å². The number of nitrogens with one attached hydrogen (secondary N) is 1. The van der Waals surface area contributed by atoms with Gasteiger partial charge in [-0.2, -0.15) is 0 Å². The summed E-state index contributed by atoms with van der Waals surface area (Å²) in [6, 6.07) is 9.21. The number of aromatic nitrogens is 3. The minimum atomic E-state index is -0.793. The summed E-state index contributed by atoms with van der Waals surface area (Å²) in [6.07, 6.45) is 2.20. The number of hydrogen-bond acceptors (Lipinski definition) is 7. The SMILES string of the molecule is CC(C)N1CCC(NC(=O)Oc2cnc(-c3c(F)cccc3F)n2Cc2cc(-c3ccc(Cl)s3)on2)CC1. The topological polar surface area (TPSA) is 85.4 Å². The van der Waals surface area contributed by atoms with Gasteiger partial charge in [-0.15, -0.1) is 11.3 Å². The van der Waals surface area contributed by atoms with Crippen LogP contribution in [0.5, 0.6) is 5.88 Å². The highest BCUT2D eigenvalue weighted by molar-refractivity contribution is 7.19. The molecule has 0 spiro atoms. The maximum atomic E-state index is 14.7. The second-order valence-corrected chi connectivity index (χ2v) is 11.0. The summed E-state index contributed by atoms with van der Waals surface area (Å²) < 4.78 is 42.4. The number of amides is 1. The Labute approximate surface area is 227 Å². The summed E-state index contributed by atoms with van der Waals surface area (Å²) in [5.74, 6) is -1.12. The summed E-state index contributed by atoms with van der Waals surface area (Å²) in [7, 11) is 0. The molecule has 1 aromatic carbocycles. The van der Waals surface area contributed by atoms with Gasteiger partial charge in [0.2, 0.25) is 5.88 Å². The Balaban J connectivity index is 1.39. The quantitative estimate of drug-likeness (QED) is 0.289. The van der Waals surface area contributed by atoms with Gasteiger partial charge in [-0.25, -0.2) is 18.6 Å². The van der Waals surface area contributed by atoms with Crippen molar-refractivity contribution in [1.82, 2.24) is 24.9 Å². The molecule has 4 heterocycles. The molecular weight excluding hydrogens is 536 g/mol. The van der Waals surface area contributed by atoms with Crippen LogP contribution in [0.15, 0.2) is 47.1 Å². The second kappa shape index (κ2) is 11.2. The summed E-state index contributed by atoms with van der Waals surface area (Å²) in [6.45, 7) is 6.03. The van der Waals surface area contributed by atoms with Crippen molar-refractivity contribution in [3.05, 3.63) is 64.3 Å². The Morgan fingerprint density at radius 2 is 1.97 bits per heavy atom. The van der Waals surface area contributed by atoms with Crippen LogP contribution in [0.3, 0.4) is 0 Å². The van der Waals surface area contributed by atoms with Crippen molar-refractivity contribution in [3.8, 4) is 27.9 Å². The lowest BCUT2D eigenvalue weighted by Gasteiger charge is -2.34. The van der Waals surface area contributed by atoms with Crippen molar-refractivity contribution < 1.29 is 22.8 Å². The highest BCUT2D eigenvalue weighted by Crippen LogP contribution is 2.33. The standard InChI is InChI=1S/C26H26ClF2N5O3S/c1-15(2)33-10-8-16(9-11-33)31-26(35)36-23-13-30-25(24-18(28)4-3-5-19(24)29)34(23)14-17-12-20(37-32-17)21-6-7-22(27)38-21/h3-7,12-13,15-16H,8-11,14H2,1-2H3,(H,31,35). The normalized spacial score (nSPS) is 14.8. The molecule has 1 aliphatic heterocycles. The van der Waals surface area contributed by atoms with Gasteiger partial charge in [-0.05, 0) is 51.0 Å². The van der Waals surface area contributed by atoms with Crippen molar-refractivity contribution in [2.75, 3.05) is 13.1 Å². The number of rotatable bonds is 7. The Bertz CT molecular complexity index is 1410. The van der Waals surface area contributed by atoms with Gasteiger partial charge in [-0.3, -0.25) is 4.57 Å². The summed E-state index contributed by atoms with van der Waals surface area (Å²) >= 11 is 7.36. The number of carbonyl (C=O) groups is 1. The van der Waals surface area contributed by atoms with Gasteiger partial charge >= 0.3 is 6.09 Å². The zero-order valence-corrected chi connectivity index (χ0v) is 22.4. The number of carbonyl (C=O) groups excluding carboxylic acids is 1. The fourth-order valence-electron chi connectivity index (χ4n) is 4.47. The number of likely N-dealkylation sites (tertiary alicyclic amines) is 1. The van der Waals surface area contributed by atoms with E-state index >= 15 is 0 Å². The number of hydrogen-bond donors (Lipinski definition) is 1. The number of thiophene rings is 1. The molecule has 1 aliphatic rings. The average Bonchev–Trinajstić information content (AvgIpc) is 3.61. The summed E-state index contributed by atoms with van der Waals surface area (Å²) in [4.78, 5) is 20.1. The lowest BCUT2D eigenvalue weighted by molar-refractivity contribution is 0.151. The first-order valence-electron chi connectivity index (χ1n) is 12.2. The first-order chi connectivity index (χ1) is 18.3. The van der Waals surface area contributed by atoms with Gasteiger partial charge in [0.05, 0.1) is 27.5 Å². The van der Waals surface area contributed by atoms with E-state index in [0.29, 0.717) is 21.8 Å². The lowest BCUT2D eigenvalue weighted by atomic mass is 10.0. The molecule has 3 aromatic heterocycles. The number of ether oxygens (including phenoxy) is 1. The van der Waals surface area contributed by atoms with E-state index in [1.54, 1.807) is 18.2 Å². The van der Waals surface area contributed by atoms with Crippen molar-refractivity contribution >= 4 is 29.0 Å². The molecular formula is C26H26ClF2N5O3S. The van der Waals surface area contributed by atoms with Crippen molar-refractivity contribution in [1.29, 1.82) is 0 Å². The third-order valence-electron chi connectivity index (χ3n) is 6.48. The zero-order chi connectivity index (χ0) is 26.8. The van der Waals surface area contributed by atoms with Gasteiger partial charge < -0.3 is 19.5 Å². The minimum absolute atomic E-state index is 0.0128. The predicted octanol–water partition coefficient (Wildman–Crippen LogP) is 6.21. The Morgan fingerprint density at radius 1 is 1.24 bits per heavy atom. The second-order valence-electron chi connectivity index (χ2n) is 9.33. The van der Waals surface area contributed by atoms with E-state index in [1.807, 2.05) is 0 Å². The van der Waals surface area contributed by atoms with Crippen LogP contribution in [0, 0.1) is 11.6 Å². The summed E-state index contributed by atoms with van der Waals surface area (Å²) in [5, 5.41) is 6.98. The van der Waals surface area contributed by atoms with Gasteiger partial charge in [0.15, 0.2) is 5.76 Å². The van der Waals surface area contributed by atoms with Crippen molar-refractivity contribution in [2.45, 2.75) is 45.3 Å². The number of halogens is 3. The molecule has 8 nitrogen and oxygen atoms in total.